The molecule has 96 valence electrons. The molecule has 1 fully saturated rings. The first-order valence-electron chi connectivity index (χ1n) is 6.61. The molecule has 0 amide bonds. The Labute approximate surface area is 109 Å². The Balaban J connectivity index is 2.06. The highest BCUT2D eigenvalue weighted by Crippen LogP contribution is 2.34. The van der Waals surface area contributed by atoms with Gasteiger partial charge in [-0.3, -0.25) is 0 Å². The summed E-state index contributed by atoms with van der Waals surface area (Å²) in [5, 5.41) is 6.98. The smallest absolute Gasteiger partial charge is 0.0935 e. The van der Waals surface area contributed by atoms with Gasteiger partial charge in [0.15, 0.2) is 0 Å². The van der Waals surface area contributed by atoms with E-state index in [1.165, 1.54) is 36.6 Å². The molecule has 1 aliphatic rings. The highest BCUT2D eigenvalue weighted by molar-refractivity contribution is 7.09. The third-order valence-corrected chi connectivity index (χ3v) is 4.48. The number of aromatic nitrogens is 1. The number of nitrogens with one attached hydrogen (secondary N) is 1. The third-order valence-electron chi connectivity index (χ3n) is 3.63. The molecule has 0 aliphatic carbocycles. The summed E-state index contributed by atoms with van der Waals surface area (Å²) in [4.78, 5) is 4.82. The van der Waals surface area contributed by atoms with Gasteiger partial charge in [0.2, 0.25) is 0 Å². The first-order chi connectivity index (χ1) is 7.95. The van der Waals surface area contributed by atoms with Gasteiger partial charge in [-0.05, 0) is 6.42 Å². The van der Waals surface area contributed by atoms with Gasteiger partial charge in [-0.25, -0.2) is 4.98 Å². The van der Waals surface area contributed by atoms with Gasteiger partial charge < -0.3 is 5.32 Å². The van der Waals surface area contributed by atoms with Crippen LogP contribution in [0.5, 0.6) is 0 Å². The SMILES string of the molecule is CCCC1(Cc2nc(C(C)(C)C)cs2)CNC1. The number of hydrogen-bond donors (Lipinski definition) is 1. The van der Waals surface area contributed by atoms with Crippen LogP contribution in [0.4, 0.5) is 0 Å². The van der Waals surface area contributed by atoms with E-state index < -0.39 is 0 Å². The molecule has 2 rings (SSSR count). The fraction of sp³-hybridized carbons (Fsp3) is 0.786. The standard InChI is InChI=1S/C14H24N2S/c1-5-6-14(9-15-10-14)7-12-16-11(8-17-12)13(2,3)4/h8,15H,5-7,9-10H2,1-4H3. The fourth-order valence-corrected chi connectivity index (χ4v) is 3.65. The van der Waals surface area contributed by atoms with Crippen LogP contribution in [0, 0.1) is 5.41 Å². The van der Waals surface area contributed by atoms with E-state index in [1.807, 2.05) is 11.3 Å². The lowest BCUT2D eigenvalue weighted by Gasteiger charge is -2.42. The summed E-state index contributed by atoms with van der Waals surface area (Å²) in [5.41, 5.74) is 1.93. The third kappa shape index (κ3) is 2.89. The molecule has 0 saturated carbocycles. The van der Waals surface area contributed by atoms with E-state index in [4.69, 9.17) is 4.98 Å². The molecular weight excluding hydrogens is 228 g/mol. The molecule has 2 heterocycles. The minimum Gasteiger partial charge on any atom is -0.316 e. The monoisotopic (exact) mass is 252 g/mol. The van der Waals surface area contributed by atoms with Gasteiger partial charge in [0, 0.05) is 35.7 Å². The summed E-state index contributed by atoms with van der Waals surface area (Å²) in [7, 11) is 0. The van der Waals surface area contributed by atoms with Gasteiger partial charge in [0.05, 0.1) is 10.7 Å². The predicted octanol–water partition coefficient (Wildman–Crippen LogP) is 3.37. The van der Waals surface area contributed by atoms with Crippen LogP contribution in [0.25, 0.3) is 0 Å². The molecule has 0 spiro atoms. The van der Waals surface area contributed by atoms with E-state index in [9.17, 15) is 0 Å². The van der Waals surface area contributed by atoms with Crippen LogP contribution in [-0.2, 0) is 11.8 Å². The van der Waals surface area contributed by atoms with Crippen molar-refractivity contribution in [1.29, 1.82) is 0 Å². The zero-order chi connectivity index (χ0) is 12.5. The summed E-state index contributed by atoms with van der Waals surface area (Å²) in [5.74, 6) is 0. The average Bonchev–Trinajstić information content (AvgIpc) is 2.62. The predicted molar refractivity (Wildman–Crippen MR) is 74.7 cm³/mol. The lowest BCUT2D eigenvalue weighted by Crippen LogP contribution is -2.54. The van der Waals surface area contributed by atoms with Crippen LogP contribution >= 0.6 is 11.3 Å². The number of hydrogen-bond acceptors (Lipinski definition) is 3. The van der Waals surface area contributed by atoms with Crippen molar-refractivity contribution in [3.63, 3.8) is 0 Å². The van der Waals surface area contributed by atoms with Gasteiger partial charge in [0.25, 0.3) is 0 Å². The Kier molecular flexibility index (Phi) is 3.60. The Morgan fingerprint density at radius 1 is 1.41 bits per heavy atom. The molecule has 0 bridgehead atoms. The summed E-state index contributed by atoms with van der Waals surface area (Å²) in [6.45, 7) is 11.3. The largest absolute Gasteiger partial charge is 0.316 e. The highest BCUT2D eigenvalue weighted by Gasteiger charge is 2.37. The van der Waals surface area contributed by atoms with Gasteiger partial charge >= 0.3 is 0 Å². The first-order valence-corrected chi connectivity index (χ1v) is 7.49. The second-order valence-electron chi connectivity index (χ2n) is 6.41. The van der Waals surface area contributed by atoms with E-state index in [0.29, 0.717) is 5.41 Å². The topological polar surface area (TPSA) is 24.9 Å². The summed E-state index contributed by atoms with van der Waals surface area (Å²) < 4.78 is 0. The van der Waals surface area contributed by atoms with Crippen molar-refractivity contribution in [2.75, 3.05) is 13.1 Å². The van der Waals surface area contributed by atoms with E-state index >= 15 is 0 Å². The van der Waals surface area contributed by atoms with Gasteiger partial charge in [-0.2, -0.15) is 0 Å². The molecule has 1 N–H and O–H groups in total. The molecule has 2 nitrogen and oxygen atoms in total. The molecule has 0 atom stereocenters. The maximum atomic E-state index is 4.82. The molecule has 1 aromatic rings. The zero-order valence-corrected chi connectivity index (χ0v) is 12.3. The summed E-state index contributed by atoms with van der Waals surface area (Å²) in [6, 6.07) is 0. The number of nitrogens with zero attached hydrogens (tertiary/aromatic N) is 1. The van der Waals surface area contributed by atoms with Crippen molar-refractivity contribution in [3.05, 3.63) is 16.1 Å². The van der Waals surface area contributed by atoms with Crippen LogP contribution in [0.2, 0.25) is 0 Å². The minimum atomic E-state index is 0.185. The Bertz CT molecular complexity index is 372. The van der Waals surface area contributed by atoms with Gasteiger partial charge in [-0.1, -0.05) is 34.1 Å². The van der Waals surface area contributed by atoms with Crippen molar-refractivity contribution in [1.82, 2.24) is 10.3 Å². The van der Waals surface area contributed by atoms with Gasteiger partial charge in [-0.15, -0.1) is 11.3 Å². The molecule has 0 aromatic carbocycles. The average molecular weight is 252 g/mol. The Hall–Kier alpha value is -0.410. The van der Waals surface area contributed by atoms with Crippen LogP contribution in [-0.4, -0.2) is 18.1 Å². The summed E-state index contributed by atoms with van der Waals surface area (Å²) in [6.07, 6.45) is 3.76. The molecule has 0 unspecified atom stereocenters. The number of rotatable bonds is 4. The van der Waals surface area contributed by atoms with E-state index in [1.54, 1.807) is 0 Å². The Morgan fingerprint density at radius 3 is 2.53 bits per heavy atom. The molecule has 3 heteroatoms. The van der Waals surface area contributed by atoms with Crippen molar-refractivity contribution < 1.29 is 0 Å². The van der Waals surface area contributed by atoms with Crippen molar-refractivity contribution >= 4 is 11.3 Å². The van der Waals surface area contributed by atoms with Crippen molar-refractivity contribution in [2.45, 2.75) is 52.4 Å². The summed E-state index contributed by atoms with van der Waals surface area (Å²) >= 11 is 1.84. The van der Waals surface area contributed by atoms with E-state index in [0.717, 1.165) is 6.42 Å². The number of thiazole rings is 1. The normalized spacial score (nSPS) is 19.1. The molecule has 17 heavy (non-hydrogen) atoms. The lowest BCUT2D eigenvalue weighted by atomic mass is 9.75. The van der Waals surface area contributed by atoms with Crippen LogP contribution in [0.15, 0.2) is 5.38 Å². The second kappa shape index (κ2) is 4.69. The first kappa shape index (κ1) is 13.0. The van der Waals surface area contributed by atoms with E-state index in [2.05, 4.69) is 38.4 Å². The van der Waals surface area contributed by atoms with Crippen molar-refractivity contribution in [3.8, 4) is 0 Å². The molecule has 1 aliphatic heterocycles. The maximum absolute atomic E-state index is 4.82. The second-order valence-corrected chi connectivity index (χ2v) is 7.35. The van der Waals surface area contributed by atoms with Gasteiger partial charge in [0.1, 0.15) is 0 Å². The molecule has 0 radical (unpaired) electrons. The molecular formula is C14H24N2S. The molecule has 1 saturated heterocycles. The minimum absolute atomic E-state index is 0.185. The van der Waals surface area contributed by atoms with Crippen molar-refractivity contribution in [2.24, 2.45) is 5.41 Å². The quantitative estimate of drug-likeness (QED) is 0.888. The van der Waals surface area contributed by atoms with Crippen LogP contribution in [0.1, 0.15) is 51.2 Å². The zero-order valence-electron chi connectivity index (χ0n) is 11.5. The Morgan fingerprint density at radius 2 is 2.12 bits per heavy atom. The fourth-order valence-electron chi connectivity index (χ4n) is 2.46. The van der Waals surface area contributed by atoms with E-state index in [-0.39, 0.29) is 5.41 Å². The van der Waals surface area contributed by atoms with Crippen LogP contribution in [0.3, 0.4) is 0 Å². The highest BCUT2D eigenvalue weighted by atomic mass is 32.1. The molecule has 1 aromatic heterocycles. The lowest BCUT2D eigenvalue weighted by molar-refractivity contribution is 0.150. The maximum Gasteiger partial charge on any atom is 0.0935 e. The van der Waals surface area contributed by atoms with Crippen LogP contribution < -0.4 is 5.32 Å².